The molecule has 1 aromatic carbocycles. The monoisotopic (exact) mass is 327 g/mol. The van der Waals surface area contributed by atoms with Gasteiger partial charge in [-0.2, -0.15) is 0 Å². The molecule has 0 spiro atoms. The van der Waals surface area contributed by atoms with E-state index in [1.165, 1.54) is 44.3 Å². The molecule has 2 heterocycles. The third-order valence-electron chi connectivity index (χ3n) is 6.53. The first-order chi connectivity index (χ1) is 11.4. The third-order valence-corrected chi connectivity index (χ3v) is 6.53. The SMILES string of the molecule is CC1(C)OB(c2ccc(C3CCN(C4CC4)CC3)cc2)OC1(C)C. The predicted octanol–water partition coefficient (Wildman–Crippen LogP) is 3.33. The number of hydrogen-bond donors (Lipinski definition) is 0. The molecule has 2 aliphatic heterocycles. The highest BCUT2D eigenvalue weighted by Crippen LogP contribution is 2.37. The summed E-state index contributed by atoms with van der Waals surface area (Å²) in [4.78, 5) is 2.69. The van der Waals surface area contributed by atoms with Crippen LogP contribution in [0.4, 0.5) is 0 Å². The first-order valence-electron chi connectivity index (χ1n) is 9.55. The van der Waals surface area contributed by atoms with Crippen molar-refractivity contribution in [3.63, 3.8) is 0 Å². The van der Waals surface area contributed by atoms with Gasteiger partial charge in [-0.15, -0.1) is 0 Å². The van der Waals surface area contributed by atoms with Gasteiger partial charge >= 0.3 is 7.12 Å². The highest BCUT2D eigenvalue weighted by molar-refractivity contribution is 6.62. The molecule has 4 heteroatoms. The maximum absolute atomic E-state index is 6.15. The number of rotatable bonds is 3. The van der Waals surface area contributed by atoms with Crippen LogP contribution in [0.1, 0.15) is 64.9 Å². The molecule has 0 atom stereocenters. The summed E-state index contributed by atoms with van der Waals surface area (Å²) >= 11 is 0. The molecular weight excluding hydrogens is 297 g/mol. The first kappa shape index (κ1) is 16.6. The van der Waals surface area contributed by atoms with Gasteiger partial charge in [0.2, 0.25) is 0 Å². The maximum Gasteiger partial charge on any atom is 0.494 e. The highest BCUT2D eigenvalue weighted by Gasteiger charge is 2.51. The molecule has 0 unspecified atom stereocenters. The van der Waals surface area contributed by atoms with Crippen LogP contribution in [-0.4, -0.2) is 42.4 Å². The van der Waals surface area contributed by atoms with Crippen molar-refractivity contribution in [1.82, 2.24) is 4.90 Å². The minimum absolute atomic E-state index is 0.249. The molecule has 4 rings (SSSR count). The van der Waals surface area contributed by atoms with E-state index in [4.69, 9.17) is 9.31 Å². The summed E-state index contributed by atoms with van der Waals surface area (Å²) in [5, 5.41) is 0. The Kier molecular flexibility index (Phi) is 4.06. The molecule has 24 heavy (non-hydrogen) atoms. The van der Waals surface area contributed by atoms with E-state index in [0.717, 1.165) is 11.5 Å². The highest BCUT2D eigenvalue weighted by atomic mass is 16.7. The molecule has 0 amide bonds. The summed E-state index contributed by atoms with van der Waals surface area (Å²) in [5.74, 6) is 0.715. The van der Waals surface area contributed by atoms with Gasteiger partial charge in [-0.1, -0.05) is 24.3 Å². The van der Waals surface area contributed by atoms with E-state index in [-0.39, 0.29) is 18.3 Å². The molecule has 2 saturated heterocycles. The molecular formula is C20H30BNO2. The second-order valence-corrected chi connectivity index (χ2v) is 8.80. The van der Waals surface area contributed by atoms with Gasteiger partial charge < -0.3 is 14.2 Å². The Hall–Kier alpha value is -0.835. The van der Waals surface area contributed by atoms with Crippen molar-refractivity contribution in [2.45, 2.75) is 76.5 Å². The minimum atomic E-state index is -0.272. The van der Waals surface area contributed by atoms with Crippen LogP contribution < -0.4 is 5.46 Å². The van der Waals surface area contributed by atoms with Gasteiger partial charge in [0.1, 0.15) is 0 Å². The topological polar surface area (TPSA) is 21.7 Å². The maximum atomic E-state index is 6.15. The van der Waals surface area contributed by atoms with Gasteiger partial charge in [0.25, 0.3) is 0 Å². The fraction of sp³-hybridized carbons (Fsp3) is 0.700. The van der Waals surface area contributed by atoms with Crippen LogP contribution in [0.15, 0.2) is 24.3 Å². The molecule has 130 valence electrons. The summed E-state index contributed by atoms with van der Waals surface area (Å²) in [5.41, 5.74) is 2.07. The standard InChI is InChI=1S/C20H30BNO2/c1-19(2)20(3,4)24-21(23-19)17-7-5-15(6-8-17)16-11-13-22(14-12-16)18-9-10-18/h5-8,16,18H,9-14H2,1-4H3. The zero-order chi connectivity index (χ0) is 16.9. The smallest absolute Gasteiger partial charge is 0.399 e. The average molecular weight is 327 g/mol. The van der Waals surface area contributed by atoms with E-state index in [9.17, 15) is 0 Å². The molecule has 3 nitrogen and oxygen atoms in total. The Balaban J connectivity index is 1.40. The quantitative estimate of drug-likeness (QED) is 0.795. The second-order valence-electron chi connectivity index (χ2n) is 8.80. The molecule has 3 aliphatic rings. The van der Waals surface area contributed by atoms with Crippen molar-refractivity contribution in [2.75, 3.05) is 13.1 Å². The zero-order valence-corrected chi connectivity index (χ0v) is 15.5. The molecule has 1 saturated carbocycles. The molecule has 3 fully saturated rings. The number of piperidine rings is 1. The second kappa shape index (κ2) is 5.86. The third kappa shape index (κ3) is 3.04. The van der Waals surface area contributed by atoms with Crippen LogP contribution in [0.25, 0.3) is 0 Å². The van der Waals surface area contributed by atoms with Crippen molar-refractivity contribution in [3.05, 3.63) is 29.8 Å². The Morgan fingerprint density at radius 1 is 0.875 bits per heavy atom. The largest absolute Gasteiger partial charge is 0.494 e. The summed E-state index contributed by atoms with van der Waals surface area (Å²) in [6, 6.07) is 9.89. The summed E-state index contributed by atoms with van der Waals surface area (Å²) in [6.07, 6.45) is 5.44. The predicted molar refractivity (Wildman–Crippen MR) is 98.7 cm³/mol. The van der Waals surface area contributed by atoms with Gasteiger partial charge in [-0.05, 0) is 83.4 Å². The van der Waals surface area contributed by atoms with Crippen LogP contribution in [0.5, 0.6) is 0 Å². The van der Waals surface area contributed by atoms with E-state index in [0.29, 0.717) is 5.92 Å². The van der Waals surface area contributed by atoms with E-state index >= 15 is 0 Å². The molecule has 0 radical (unpaired) electrons. The van der Waals surface area contributed by atoms with Crippen molar-refractivity contribution < 1.29 is 9.31 Å². The van der Waals surface area contributed by atoms with Crippen LogP contribution in [0.2, 0.25) is 0 Å². The molecule has 0 aromatic heterocycles. The number of nitrogens with zero attached hydrogens (tertiary/aromatic N) is 1. The van der Waals surface area contributed by atoms with Crippen molar-refractivity contribution >= 4 is 12.6 Å². The van der Waals surface area contributed by atoms with E-state index in [2.05, 4.69) is 56.9 Å². The fourth-order valence-electron chi connectivity index (χ4n) is 3.94. The van der Waals surface area contributed by atoms with E-state index in [1.807, 2.05) is 0 Å². The summed E-state index contributed by atoms with van der Waals surface area (Å²) in [7, 11) is -0.249. The lowest BCUT2D eigenvalue weighted by Crippen LogP contribution is -2.41. The summed E-state index contributed by atoms with van der Waals surface area (Å²) < 4.78 is 12.3. The Morgan fingerprint density at radius 2 is 1.42 bits per heavy atom. The molecule has 0 bridgehead atoms. The average Bonchev–Trinajstić information content (AvgIpc) is 3.36. The molecule has 1 aromatic rings. The Labute approximate surface area is 146 Å². The molecule has 1 aliphatic carbocycles. The van der Waals surface area contributed by atoms with Gasteiger partial charge in [0.05, 0.1) is 11.2 Å². The Bertz CT molecular complexity index is 570. The van der Waals surface area contributed by atoms with Gasteiger partial charge in [0.15, 0.2) is 0 Å². The van der Waals surface area contributed by atoms with Crippen molar-refractivity contribution in [3.8, 4) is 0 Å². The van der Waals surface area contributed by atoms with Crippen LogP contribution >= 0.6 is 0 Å². The zero-order valence-electron chi connectivity index (χ0n) is 15.5. The minimum Gasteiger partial charge on any atom is -0.399 e. The van der Waals surface area contributed by atoms with Crippen LogP contribution in [-0.2, 0) is 9.31 Å². The first-order valence-corrected chi connectivity index (χ1v) is 9.55. The lowest BCUT2D eigenvalue weighted by Gasteiger charge is -2.32. The van der Waals surface area contributed by atoms with Crippen LogP contribution in [0.3, 0.4) is 0 Å². The van der Waals surface area contributed by atoms with Gasteiger partial charge in [0, 0.05) is 6.04 Å². The number of benzene rings is 1. The lowest BCUT2D eigenvalue weighted by molar-refractivity contribution is 0.00578. The van der Waals surface area contributed by atoms with Crippen molar-refractivity contribution in [1.29, 1.82) is 0 Å². The van der Waals surface area contributed by atoms with Gasteiger partial charge in [-0.25, -0.2) is 0 Å². The van der Waals surface area contributed by atoms with Crippen LogP contribution in [0, 0.1) is 0 Å². The fourth-order valence-corrected chi connectivity index (χ4v) is 3.94. The normalized spacial score (nSPS) is 27.6. The van der Waals surface area contributed by atoms with E-state index in [1.54, 1.807) is 0 Å². The molecule has 0 N–H and O–H groups in total. The van der Waals surface area contributed by atoms with E-state index < -0.39 is 0 Å². The summed E-state index contributed by atoms with van der Waals surface area (Å²) in [6.45, 7) is 11.0. The lowest BCUT2D eigenvalue weighted by atomic mass is 9.77. The Morgan fingerprint density at radius 3 is 1.92 bits per heavy atom. The van der Waals surface area contributed by atoms with Crippen molar-refractivity contribution in [2.24, 2.45) is 0 Å². The van der Waals surface area contributed by atoms with Gasteiger partial charge in [-0.3, -0.25) is 0 Å². The number of hydrogen-bond acceptors (Lipinski definition) is 3. The number of likely N-dealkylation sites (tertiary alicyclic amines) is 1.